The highest BCUT2D eigenvalue weighted by Crippen LogP contribution is 2.30. The molecule has 4 heteroatoms. The van der Waals surface area contributed by atoms with E-state index < -0.39 is 11.9 Å². The van der Waals surface area contributed by atoms with Gasteiger partial charge in [-0.15, -0.1) is 0 Å². The summed E-state index contributed by atoms with van der Waals surface area (Å²) in [6.45, 7) is 0. The van der Waals surface area contributed by atoms with Crippen molar-refractivity contribution in [1.82, 2.24) is 0 Å². The van der Waals surface area contributed by atoms with Crippen molar-refractivity contribution in [3.8, 4) is 0 Å². The zero-order valence-electron chi connectivity index (χ0n) is 7.90. The van der Waals surface area contributed by atoms with Crippen molar-refractivity contribution in [1.29, 1.82) is 0 Å². The number of hydrogen-bond acceptors (Lipinski definition) is 2. The van der Waals surface area contributed by atoms with Crippen LogP contribution in [0.3, 0.4) is 0 Å². The maximum atomic E-state index is 10.7. The van der Waals surface area contributed by atoms with Crippen molar-refractivity contribution in [2.24, 2.45) is 5.92 Å². The average molecular weight is 198 g/mol. The minimum Gasteiger partial charge on any atom is -0.478 e. The zero-order chi connectivity index (χ0) is 10.6. The molecule has 0 heterocycles. The standard InChI is InChI=1S/C10H14O4/c11-9(12)6-8(10(13)14)5-7-3-1-2-4-7/h6-7H,1-5H2,(H,11,12)(H,13,14). The fourth-order valence-electron chi connectivity index (χ4n) is 1.88. The molecular weight excluding hydrogens is 184 g/mol. The molecule has 0 aromatic rings. The molecule has 1 fully saturated rings. The van der Waals surface area contributed by atoms with Crippen LogP contribution in [0.2, 0.25) is 0 Å². The minimum atomic E-state index is -1.18. The Bertz CT molecular complexity index is 261. The van der Waals surface area contributed by atoms with Crippen molar-refractivity contribution in [3.05, 3.63) is 11.6 Å². The molecule has 1 aliphatic rings. The third-order valence-corrected chi connectivity index (χ3v) is 2.56. The summed E-state index contributed by atoms with van der Waals surface area (Å²) in [5.41, 5.74) is 0.0180. The molecule has 1 aliphatic carbocycles. The molecule has 0 spiro atoms. The third kappa shape index (κ3) is 3.20. The van der Waals surface area contributed by atoms with E-state index >= 15 is 0 Å². The van der Waals surface area contributed by atoms with E-state index in [1.807, 2.05) is 0 Å². The number of carbonyl (C=O) groups is 2. The van der Waals surface area contributed by atoms with Crippen LogP contribution in [0.4, 0.5) is 0 Å². The second kappa shape index (κ2) is 4.79. The average Bonchev–Trinajstić information content (AvgIpc) is 2.54. The first-order valence-electron chi connectivity index (χ1n) is 4.76. The SMILES string of the molecule is O=C(O)C=C(CC1CCCC1)C(=O)O. The second-order valence-corrected chi connectivity index (χ2v) is 3.67. The van der Waals surface area contributed by atoms with Gasteiger partial charge in [0.15, 0.2) is 0 Å². The zero-order valence-corrected chi connectivity index (χ0v) is 7.90. The number of aliphatic carboxylic acids is 2. The predicted octanol–water partition coefficient (Wildman–Crippen LogP) is 1.66. The van der Waals surface area contributed by atoms with Gasteiger partial charge in [-0.05, 0) is 12.3 Å². The summed E-state index contributed by atoms with van der Waals surface area (Å²) in [6.07, 6.45) is 5.49. The Hall–Kier alpha value is -1.32. The van der Waals surface area contributed by atoms with Crippen LogP contribution < -0.4 is 0 Å². The molecule has 1 rings (SSSR count). The van der Waals surface area contributed by atoms with Gasteiger partial charge in [-0.3, -0.25) is 0 Å². The van der Waals surface area contributed by atoms with Gasteiger partial charge in [0.05, 0.1) is 0 Å². The summed E-state index contributed by atoms with van der Waals surface area (Å²) in [5, 5.41) is 17.2. The molecule has 0 saturated heterocycles. The van der Waals surface area contributed by atoms with E-state index in [1.165, 1.54) is 0 Å². The maximum absolute atomic E-state index is 10.7. The maximum Gasteiger partial charge on any atom is 0.331 e. The Balaban J connectivity index is 2.59. The Kier molecular flexibility index (Phi) is 3.68. The Morgan fingerprint density at radius 1 is 1.21 bits per heavy atom. The van der Waals surface area contributed by atoms with Crippen LogP contribution in [0.25, 0.3) is 0 Å². The number of carboxylic acid groups (broad SMARTS) is 2. The van der Waals surface area contributed by atoms with Crippen LogP contribution in [0.1, 0.15) is 32.1 Å². The molecule has 0 bridgehead atoms. The van der Waals surface area contributed by atoms with Crippen molar-refractivity contribution >= 4 is 11.9 Å². The van der Waals surface area contributed by atoms with E-state index in [-0.39, 0.29) is 5.57 Å². The van der Waals surface area contributed by atoms with E-state index in [4.69, 9.17) is 10.2 Å². The van der Waals surface area contributed by atoms with E-state index in [0.29, 0.717) is 12.3 Å². The first kappa shape index (κ1) is 10.8. The molecule has 0 radical (unpaired) electrons. The lowest BCUT2D eigenvalue weighted by atomic mass is 9.98. The van der Waals surface area contributed by atoms with Gasteiger partial charge in [0, 0.05) is 11.6 Å². The van der Waals surface area contributed by atoms with Crippen LogP contribution in [-0.2, 0) is 9.59 Å². The summed E-state index contributed by atoms with van der Waals surface area (Å²) in [6, 6.07) is 0. The van der Waals surface area contributed by atoms with Crippen LogP contribution in [0.5, 0.6) is 0 Å². The fourth-order valence-corrected chi connectivity index (χ4v) is 1.88. The monoisotopic (exact) mass is 198 g/mol. The highest BCUT2D eigenvalue weighted by atomic mass is 16.4. The van der Waals surface area contributed by atoms with Gasteiger partial charge in [-0.1, -0.05) is 25.7 Å². The third-order valence-electron chi connectivity index (χ3n) is 2.56. The van der Waals surface area contributed by atoms with E-state index in [1.54, 1.807) is 0 Å². The smallest absolute Gasteiger partial charge is 0.331 e. The Labute approximate surface area is 82.2 Å². The number of rotatable bonds is 4. The van der Waals surface area contributed by atoms with Crippen LogP contribution in [0.15, 0.2) is 11.6 Å². The molecule has 14 heavy (non-hydrogen) atoms. The summed E-state index contributed by atoms with van der Waals surface area (Å²) in [4.78, 5) is 21.0. The van der Waals surface area contributed by atoms with E-state index in [9.17, 15) is 9.59 Å². The van der Waals surface area contributed by atoms with Crippen molar-refractivity contribution < 1.29 is 19.8 Å². The topological polar surface area (TPSA) is 74.6 Å². The van der Waals surface area contributed by atoms with Crippen molar-refractivity contribution in [2.45, 2.75) is 32.1 Å². The lowest BCUT2D eigenvalue weighted by Crippen LogP contribution is -2.08. The molecule has 2 N–H and O–H groups in total. The fraction of sp³-hybridized carbons (Fsp3) is 0.600. The van der Waals surface area contributed by atoms with Gasteiger partial charge in [0.2, 0.25) is 0 Å². The first-order valence-corrected chi connectivity index (χ1v) is 4.76. The van der Waals surface area contributed by atoms with Gasteiger partial charge in [-0.25, -0.2) is 9.59 Å². The summed E-state index contributed by atoms with van der Waals surface area (Å²) in [5.74, 6) is -1.93. The highest BCUT2D eigenvalue weighted by Gasteiger charge is 2.20. The Morgan fingerprint density at radius 3 is 2.21 bits per heavy atom. The molecule has 0 unspecified atom stereocenters. The van der Waals surface area contributed by atoms with Gasteiger partial charge in [0.1, 0.15) is 0 Å². The van der Waals surface area contributed by atoms with Crippen LogP contribution in [-0.4, -0.2) is 22.2 Å². The van der Waals surface area contributed by atoms with Gasteiger partial charge >= 0.3 is 11.9 Å². The van der Waals surface area contributed by atoms with Gasteiger partial charge in [-0.2, -0.15) is 0 Å². The molecule has 0 amide bonds. The molecule has 0 aromatic carbocycles. The van der Waals surface area contributed by atoms with Gasteiger partial charge in [0.25, 0.3) is 0 Å². The van der Waals surface area contributed by atoms with Crippen LogP contribution >= 0.6 is 0 Å². The first-order chi connectivity index (χ1) is 6.59. The largest absolute Gasteiger partial charge is 0.478 e. The normalized spacial score (nSPS) is 18.4. The molecule has 78 valence electrons. The van der Waals surface area contributed by atoms with Crippen molar-refractivity contribution in [2.75, 3.05) is 0 Å². The van der Waals surface area contributed by atoms with Crippen molar-refractivity contribution in [3.63, 3.8) is 0 Å². The molecule has 0 aliphatic heterocycles. The van der Waals surface area contributed by atoms with Gasteiger partial charge < -0.3 is 10.2 Å². The van der Waals surface area contributed by atoms with E-state index in [0.717, 1.165) is 31.8 Å². The molecule has 4 nitrogen and oxygen atoms in total. The summed E-state index contributed by atoms with van der Waals surface area (Å²) >= 11 is 0. The Morgan fingerprint density at radius 2 is 1.79 bits per heavy atom. The number of hydrogen-bond donors (Lipinski definition) is 2. The quantitative estimate of drug-likeness (QED) is 0.674. The molecule has 0 atom stereocenters. The molecule has 1 saturated carbocycles. The van der Waals surface area contributed by atoms with E-state index in [2.05, 4.69) is 0 Å². The van der Waals surface area contributed by atoms with Crippen LogP contribution in [0, 0.1) is 5.92 Å². The summed E-state index contributed by atoms with van der Waals surface area (Å²) < 4.78 is 0. The second-order valence-electron chi connectivity index (χ2n) is 3.67. The lowest BCUT2D eigenvalue weighted by Gasteiger charge is -2.08. The number of carboxylic acids is 2. The predicted molar refractivity (Wildman–Crippen MR) is 49.9 cm³/mol. The minimum absolute atomic E-state index is 0.0180. The summed E-state index contributed by atoms with van der Waals surface area (Å²) in [7, 11) is 0. The molecule has 0 aromatic heterocycles. The molecular formula is C10H14O4. The lowest BCUT2D eigenvalue weighted by molar-refractivity contribution is -0.135. The highest BCUT2D eigenvalue weighted by molar-refractivity contribution is 5.94.